The van der Waals surface area contributed by atoms with E-state index in [2.05, 4.69) is 21.3 Å². The highest BCUT2D eigenvalue weighted by molar-refractivity contribution is 7.93. The Hall–Kier alpha value is -2.78. The molecule has 1 unspecified atom stereocenters. The summed E-state index contributed by atoms with van der Waals surface area (Å²) < 4.78 is 19.9. The van der Waals surface area contributed by atoms with Gasteiger partial charge in [-0.1, -0.05) is 13.0 Å². The molecule has 0 fully saturated rings. The second-order valence-corrected chi connectivity index (χ2v) is 11.2. The minimum Gasteiger partial charge on any atom is -0.386 e. The van der Waals surface area contributed by atoms with E-state index in [0.29, 0.717) is 11.5 Å². The number of hydrogen-bond acceptors (Lipinski definition) is 5. The van der Waals surface area contributed by atoms with Gasteiger partial charge in [-0.15, -0.1) is 4.36 Å². The van der Waals surface area contributed by atoms with E-state index in [4.69, 9.17) is 4.98 Å². The molecule has 2 aliphatic carbocycles. The highest BCUT2D eigenvalue weighted by Crippen LogP contribution is 2.41. The summed E-state index contributed by atoms with van der Waals surface area (Å²) in [6.07, 6.45) is 4.51. The van der Waals surface area contributed by atoms with Gasteiger partial charge < -0.3 is 10.4 Å². The van der Waals surface area contributed by atoms with Crippen molar-refractivity contribution in [3.05, 3.63) is 51.8 Å². The molecule has 9 heteroatoms. The minimum absolute atomic E-state index is 0.121. The Morgan fingerprint density at radius 2 is 2.06 bits per heavy atom. The molecule has 2 aromatic rings. The molecule has 32 heavy (non-hydrogen) atoms. The maximum Gasteiger partial charge on any atom is 0.355 e. The quantitative estimate of drug-likeness (QED) is 0.641. The third-order valence-electron chi connectivity index (χ3n) is 6.56. The van der Waals surface area contributed by atoms with Crippen molar-refractivity contribution >= 4 is 27.5 Å². The molecule has 0 saturated carbocycles. The zero-order chi connectivity index (χ0) is 22.8. The molecular formula is C23H26N4O4S. The van der Waals surface area contributed by atoms with Crippen molar-refractivity contribution < 1.29 is 18.9 Å². The van der Waals surface area contributed by atoms with Crippen LogP contribution >= 0.6 is 0 Å². The Bertz CT molecular complexity index is 1300. The van der Waals surface area contributed by atoms with Gasteiger partial charge in [0.15, 0.2) is 9.92 Å². The summed E-state index contributed by atoms with van der Waals surface area (Å²) in [4.78, 5) is 30.3. The number of fused-ring (bicyclic) bond motifs is 3. The van der Waals surface area contributed by atoms with E-state index in [0.717, 1.165) is 60.3 Å². The summed E-state index contributed by atoms with van der Waals surface area (Å²) in [7, 11) is -3.52. The Morgan fingerprint density at radius 1 is 1.28 bits per heavy atom. The Morgan fingerprint density at radius 3 is 2.81 bits per heavy atom. The first-order valence-corrected chi connectivity index (χ1v) is 12.4. The van der Waals surface area contributed by atoms with Gasteiger partial charge in [-0.3, -0.25) is 14.5 Å². The van der Waals surface area contributed by atoms with Crippen LogP contribution in [-0.4, -0.2) is 26.2 Å². The van der Waals surface area contributed by atoms with E-state index in [9.17, 15) is 18.9 Å². The van der Waals surface area contributed by atoms with Gasteiger partial charge in [0.05, 0.1) is 21.7 Å². The number of amides is 3. The van der Waals surface area contributed by atoms with Crippen LogP contribution in [0.4, 0.5) is 10.5 Å². The Labute approximate surface area is 187 Å². The summed E-state index contributed by atoms with van der Waals surface area (Å²) >= 11 is 0. The number of anilines is 1. The molecule has 1 aromatic carbocycles. The zero-order valence-corrected chi connectivity index (χ0v) is 19.1. The number of nitrogens with zero attached hydrogens (tertiary/aromatic N) is 2. The largest absolute Gasteiger partial charge is 0.386 e. The Balaban J connectivity index is 1.55. The third kappa shape index (κ3) is 3.31. The highest BCUT2D eigenvalue weighted by atomic mass is 32.2. The number of nitrogens with one attached hydrogen (secondary N) is 2. The monoisotopic (exact) mass is 454 g/mol. The van der Waals surface area contributed by atoms with Crippen molar-refractivity contribution in [2.45, 2.75) is 69.3 Å². The molecule has 0 saturated heterocycles. The number of aryl methyl sites for hydroxylation is 1. The fourth-order valence-corrected chi connectivity index (χ4v) is 6.47. The van der Waals surface area contributed by atoms with Gasteiger partial charge in [-0.2, -0.15) is 0 Å². The molecule has 2 atom stereocenters. The van der Waals surface area contributed by atoms with E-state index < -0.39 is 27.5 Å². The summed E-state index contributed by atoms with van der Waals surface area (Å²) in [5.74, 6) is -0.218. The van der Waals surface area contributed by atoms with Crippen molar-refractivity contribution in [2.24, 2.45) is 4.36 Å². The van der Waals surface area contributed by atoms with E-state index in [1.807, 2.05) is 0 Å². The van der Waals surface area contributed by atoms with Gasteiger partial charge in [-0.25, -0.2) is 9.00 Å². The van der Waals surface area contributed by atoms with Gasteiger partial charge in [0.1, 0.15) is 0 Å². The lowest BCUT2D eigenvalue weighted by atomic mass is 9.97. The first-order chi connectivity index (χ1) is 15.1. The summed E-state index contributed by atoms with van der Waals surface area (Å²) in [5, 5.41) is 13.2. The predicted molar refractivity (Wildman–Crippen MR) is 120 cm³/mol. The molecule has 0 radical (unpaired) electrons. The fraction of sp³-hybridized carbons (Fsp3) is 0.435. The average Bonchev–Trinajstić information content (AvgIpc) is 3.39. The van der Waals surface area contributed by atoms with Crippen molar-refractivity contribution in [3.8, 4) is 0 Å². The molecule has 168 valence electrons. The fourth-order valence-electron chi connectivity index (χ4n) is 4.83. The van der Waals surface area contributed by atoms with Crippen LogP contribution < -0.4 is 10.0 Å². The third-order valence-corrected chi connectivity index (χ3v) is 8.38. The van der Waals surface area contributed by atoms with Gasteiger partial charge in [0.25, 0.3) is 5.91 Å². The minimum atomic E-state index is -3.52. The van der Waals surface area contributed by atoms with Crippen molar-refractivity contribution in [1.29, 1.82) is 0 Å². The molecule has 0 bridgehead atoms. The van der Waals surface area contributed by atoms with Crippen LogP contribution in [-0.2, 0) is 34.8 Å². The maximum absolute atomic E-state index is 13.6. The zero-order valence-electron chi connectivity index (χ0n) is 18.3. The van der Waals surface area contributed by atoms with Gasteiger partial charge in [0, 0.05) is 11.4 Å². The smallest absolute Gasteiger partial charge is 0.355 e. The van der Waals surface area contributed by atoms with Crippen LogP contribution in [0.1, 0.15) is 78.0 Å². The number of carbonyl (C=O) groups is 2. The van der Waals surface area contributed by atoms with Crippen molar-refractivity contribution in [1.82, 2.24) is 9.71 Å². The molecule has 0 spiro atoms. The highest BCUT2D eigenvalue weighted by Gasteiger charge is 2.34. The average molecular weight is 455 g/mol. The van der Waals surface area contributed by atoms with Gasteiger partial charge >= 0.3 is 6.03 Å². The first-order valence-electron chi connectivity index (χ1n) is 10.9. The second kappa shape index (κ2) is 7.11. The molecule has 8 nitrogen and oxygen atoms in total. The molecule has 3 aliphatic rings. The first kappa shape index (κ1) is 21.1. The molecule has 3 N–H and O–H groups in total. The standard InChI is InChI=1S/C23H26N4O4S/c1-12-7-9-16-19(12)24-17-6-4-5-14(17)20(16)25-22(29)27-32(31)18-11-13(23(2,3)30)8-10-15(18)21(28)26-32/h8,10-12,30H,4-7,9H2,1-3H3,(H2,24,25,26,27,28,29,31)/t12-,32?/m1/s1. The Kier molecular flexibility index (Phi) is 4.69. The molecule has 5 rings (SSSR count). The normalized spacial score (nSPS) is 23.4. The van der Waals surface area contributed by atoms with E-state index in [1.165, 1.54) is 12.1 Å². The summed E-state index contributed by atoms with van der Waals surface area (Å²) in [6.45, 7) is 5.32. The van der Waals surface area contributed by atoms with Crippen LogP contribution in [0.2, 0.25) is 0 Å². The summed E-state index contributed by atoms with van der Waals surface area (Å²) in [5.41, 5.74) is 4.35. The van der Waals surface area contributed by atoms with Crippen LogP contribution in [0.5, 0.6) is 0 Å². The van der Waals surface area contributed by atoms with Gasteiger partial charge in [0.2, 0.25) is 0 Å². The SMILES string of the molecule is C[C@@H]1CCc2c1nc1c(c2NC(=O)N=S2(=O)NC(=O)c3ccc(C(C)(C)O)cc32)CCC1. The number of rotatable bonds is 2. The second-order valence-electron chi connectivity index (χ2n) is 9.32. The van der Waals surface area contributed by atoms with Crippen LogP contribution in [0.15, 0.2) is 27.5 Å². The van der Waals surface area contributed by atoms with E-state index >= 15 is 0 Å². The number of benzene rings is 1. The maximum atomic E-state index is 13.6. The number of urea groups is 1. The van der Waals surface area contributed by atoms with Crippen LogP contribution in [0.3, 0.4) is 0 Å². The van der Waals surface area contributed by atoms with E-state index in [-0.39, 0.29) is 10.5 Å². The van der Waals surface area contributed by atoms with Gasteiger partial charge in [-0.05, 0) is 80.7 Å². The summed E-state index contributed by atoms with van der Waals surface area (Å²) in [6, 6.07) is 3.82. The molecule has 1 aliphatic heterocycles. The number of carbonyl (C=O) groups excluding carboxylic acids is 2. The molecule has 1 aromatic heterocycles. The molecular weight excluding hydrogens is 428 g/mol. The van der Waals surface area contributed by atoms with Crippen LogP contribution in [0, 0.1) is 0 Å². The number of aromatic nitrogens is 1. The lowest BCUT2D eigenvalue weighted by molar-refractivity contribution is 0.0782. The number of hydrogen-bond donors (Lipinski definition) is 3. The van der Waals surface area contributed by atoms with Crippen molar-refractivity contribution in [2.75, 3.05) is 5.32 Å². The number of aliphatic hydroxyl groups is 1. The molecule has 3 amide bonds. The van der Waals surface area contributed by atoms with Crippen molar-refractivity contribution in [3.63, 3.8) is 0 Å². The predicted octanol–water partition coefficient (Wildman–Crippen LogP) is 3.56. The lowest BCUT2D eigenvalue weighted by Gasteiger charge is -2.18. The molecule has 2 heterocycles. The lowest BCUT2D eigenvalue weighted by Crippen LogP contribution is -2.24. The number of pyridine rings is 1. The van der Waals surface area contributed by atoms with E-state index in [1.54, 1.807) is 19.9 Å². The topological polar surface area (TPSA) is 121 Å². The van der Waals surface area contributed by atoms with Crippen LogP contribution in [0.25, 0.3) is 0 Å².